The fourth-order valence-electron chi connectivity index (χ4n) is 1.10. The summed E-state index contributed by atoms with van der Waals surface area (Å²) >= 11 is 0. The molecule has 0 aliphatic rings. The van der Waals surface area contributed by atoms with Crippen LogP contribution in [0.2, 0.25) is 0 Å². The molecule has 0 spiro atoms. The Kier molecular flexibility index (Phi) is 5.14. The second-order valence-electron chi connectivity index (χ2n) is 3.69. The molecule has 0 rings (SSSR count). The first-order chi connectivity index (χ1) is 8.31. The SMILES string of the molecule is [C-]#[N+]CCCCC(F)(F)C(F)(F)C(F)(F)C(F)(F)F. The first kappa shape index (κ1) is 17.9. The van der Waals surface area contributed by atoms with Crippen LogP contribution < -0.4 is 0 Å². The lowest BCUT2D eigenvalue weighted by Crippen LogP contribution is -2.60. The van der Waals surface area contributed by atoms with Gasteiger partial charge < -0.3 is 4.85 Å². The number of unbranched alkanes of at least 4 members (excludes halogenated alkanes) is 1. The topological polar surface area (TPSA) is 4.36 Å². The molecule has 0 saturated carbocycles. The molecule has 0 aromatic heterocycles. The van der Waals surface area contributed by atoms with E-state index in [9.17, 15) is 39.5 Å². The highest BCUT2D eigenvalue weighted by molar-refractivity contribution is 5.00. The van der Waals surface area contributed by atoms with Gasteiger partial charge in [0, 0.05) is 12.8 Å². The van der Waals surface area contributed by atoms with Crippen molar-refractivity contribution in [3.63, 3.8) is 0 Å². The van der Waals surface area contributed by atoms with Gasteiger partial charge in [-0.25, -0.2) is 6.57 Å². The fraction of sp³-hybridized carbons (Fsp3) is 0.889. The maximum atomic E-state index is 12.8. The van der Waals surface area contributed by atoms with Crippen LogP contribution >= 0.6 is 0 Å². The lowest BCUT2D eigenvalue weighted by atomic mass is 9.99. The lowest BCUT2D eigenvalue weighted by Gasteiger charge is -2.33. The third-order valence-corrected chi connectivity index (χ3v) is 2.22. The molecule has 19 heavy (non-hydrogen) atoms. The third kappa shape index (κ3) is 3.45. The zero-order valence-corrected chi connectivity index (χ0v) is 9.18. The van der Waals surface area contributed by atoms with Gasteiger partial charge in [0.15, 0.2) is 0 Å². The normalized spacial score (nSPS) is 14.3. The van der Waals surface area contributed by atoms with Crippen LogP contribution in [0.25, 0.3) is 4.85 Å². The van der Waals surface area contributed by atoms with Gasteiger partial charge in [-0.2, -0.15) is 39.5 Å². The number of alkyl halides is 9. The van der Waals surface area contributed by atoms with E-state index in [1.165, 1.54) is 0 Å². The van der Waals surface area contributed by atoms with E-state index in [2.05, 4.69) is 4.85 Å². The van der Waals surface area contributed by atoms with Crippen LogP contribution in [-0.2, 0) is 0 Å². The molecule has 0 N–H and O–H groups in total. The standard InChI is InChI=1S/C9H8F9N/c1-19-5-3-2-4-6(10,11)7(12,13)8(14,15)9(16,17)18/h2-5H2. The van der Waals surface area contributed by atoms with Crippen molar-refractivity contribution in [1.29, 1.82) is 0 Å². The van der Waals surface area contributed by atoms with Gasteiger partial charge in [0.2, 0.25) is 6.54 Å². The Labute approximate surface area is 102 Å². The summed E-state index contributed by atoms with van der Waals surface area (Å²) < 4.78 is 111. The zero-order chi connectivity index (χ0) is 15.5. The minimum absolute atomic E-state index is 0.299. The lowest BCUT2D eigenvalue weighted by molar-refractivity contribution is -0.396. The van der Waals surface area contributed by atoms with E-state index in [0.717, 1.165) is 0 Å². The molecule has 0 atom stereocenters. The molecule has 0 fully saturated rings. The Bertz CT molecular complexity index is 339. The number of halogens is 9. The van der Waals surface area contributed by atoms with Gasteiger partial charge in [0.25, 0.3) is 0 Å². The van der Waals surface area contributed by atoms with Gasteiger partial charge in [-0.15, -0.1) is 0 Å². The number of rotatable bonds is 6. The van der Waals surface area contributed by atoms with Crippen LogP contribution in [0.3, 0.4) is 0 Å². The van der Waals surface area contributed by atoms with Crippen LogP contribution in [0.5, 0.6) is 0 Å². The van der Waals surface area contributed by atoms with E-state index in [-0.39, 0.29) is 13.0 Å². The van der Waals surface area contributed by atoms with E-state index >= 15 is 0 Å². The van der Waals surface area contributed by atoms with Gasteiger partial charge in [-0.1, -0.05) is 0 Å². The molecule has 0 radical (unpaired) electrons. The Morgan fingerprint density at radius 2 is 1.21 bits per heavy atom. The highest BCUT2D eigenvalue weighted by atomic mass is 19.4. The van der Waals surface area contributed by atoms with Crippen molar-refractivity contribution in [2.75, 3.05) is 6.54 Å². The second kappa shape index (κ2) is 5.46. The van der Waals surface area contributed by atoms with Gasteiger partial charge in [0.1, 0.15) is 0 Å². The smallest absolute Gasteiger partial charge is 0.317 e. The summed E-state index contributed by atoms with van der Waals surface area (Å²) in [5.41, 5.74) is 0. The predicted octanol–water partition coefficient (Wildman–Crippen LogP) is 4.54. The number of nitrogens with zero attached hydrogens (tertiary/aromatic N) is 1. The number of hydrogen-bond donors (Lipinski definition) is 0. The molecular formula is C9H8F9N. The molecule has 0 bridgehead atoms. The van der Waals surface area contributed by atoms with Gasteiger partial charge in [-0.3, -0.25) is 0 Å². The van der Waals surface area contributed by atoms with Crippen molar-refractivity contribution in [3.05, 3.63) is 11.4 Å². The Balaban J connectivity index is 5.02. The van der Waals surface area contributed by atoms with Crippen molar-refractivity contribution in [3.8, 4) is 0 Å². The quantitative estimate of drug-likeness (QED) is 0.385. The van der Waals surface area contributed by atoms with Gasteiger partial charge in [0.05, 0.1) is 0 Å². The molecule has 0 unspecified atom stereocenters. The molecule has 0 aliphatic heterocycles. The van der Waals surface area contributed by atoms with Crippen LogP contribution in [0.1, 0.15) is 19.3 Å². The molecule has 0 saturated heterocycles. The van der Waals surface area contributed by atoms with Crippen LogP contribution in [0.15, 0.2) is 0 Å². The average Bonchev–Trinajstić information content (AvgIpc) is 2.22. The molecule has 0 aromatic rings. The molecule has 10 heteroatoms. The van der Waals surface area contributed by atoms with Gasteiger partial charge in [-0.05, 0) is 6.42 Å². The highest BCUT2D eigenvalue weighted by Gasteiger charge is 2.81. The molecule has 0 aromatic carbocycles. The third-order valence-electron chi connectivity index (χ3n) is 2.22. The van der Waals surface area contributed by atoms with Crippen molar-refractivity contribution in [2.45, 2.75) is 43.2 Å². The average molecular weight is 301 g/mol. The molecular weight excluding hydrogens is 293 g/mol. The minimum atomic E-state index is -6.83. The maximum absolute atomic E-state index is 12.8. The summed E-state index contributed by atoms with van der Waals surface area (Å²) in [6.45, 7) is 5.95. The van der Waals surface area contributed by atoms with E-state index in [0.29, 0.717) is 0 Å². The summed E-state index contributed by atoms with van der Waals surface area (Å²) in [4.78, 5) is 2.69. The fourth-order valence-corrected chi connectivity index (χ4v) is 1.10. The monoisotopic (exact) mass is 301 g/mol. The first-order valence-corrected chi connectivity index (χ1v) is 4.84. The summed E-state index contributed by atoms with van der Waals surface area (Å²) in [6.07, 6.45) is -9.71. The minimum Gasteiger partial charge on any atom is -0.317 e. The Hall–Kier alpha value is -1.14. The summed E-state index contributed by atoms with van der Waals surface area (Å²) in [5, 5.41) is 0. The van der Waals surface area contributed by atoms with Crippen molar-refractivity contribution >= 4 is 0 Å². The van der Waals surface area contributed by atoms with Crippen LogP contribution in [0, 0.1) is 6.57 Å². The highest BCUT2D eigenvalue weighted by Crippen LogP contribution is 2.54. The molecule has 112 valence electrons. The second-order valence-corrected chi connectivity index (χ2v) is 3.69. The Morgan fingerprint density at radius 1 is 0.737 bits per heavy atom. The molecule has 0 amide bonds. The summed E-state index contributed by atoms with van der Waals surface area (Å²) in [6, 6.07) is 0. The van der Waals surface area contributed by atoms with Crippen LogP contribution in [0.4, 0.5) is 39.5 Å². The van der Waals surface area contributed by atoms with Gasteiger partial charge >= 0.3 is 23.9 Å². The first-order valence-electron chi connectivity index (χ1n) is 4.84. The Morgan fingerprint density at radius 3 is 1.58 bits per heavy atom. The predicted molar refractivity (Wildman–Crippen MR) is 46.2 cm³/mol. The molecule has 1 nitrogen and oxygen atoms in total. The summed E-state index contributed by atoms with van der Waals surface area (Å²) in [7, 11) is 0. The van der Waals surface area contributed by atoms with Crippen molar-refractivity contribution in [1.82, 2.24) is 0 Å². The number of hydrogen-bond acceptors (Lipinski definition) is 0. The van der Waals surface area contributed by atoms with Crippen molar-refractivity contribution in [2.24, 2.45) is 0 Å². The van der Waals surface area contributed by atoms with E-state index in [1.54, 1.807) is 0 Å². The molecule has 0 aliphatic carbocycles. The largest absolute Gasteiger partial charge is 0.460 e. The van der Waals surface area contributed by atoms with E-state index in [1.807, 2.05) is 0 Å². The zero-order valence-electron chi connectivity index (χ0n) is 9.18. The van der Waals surface area contributed by atoms with E-state index in [4.69, 9.17) is 6.57 Å². The van der Waals surface area contributed by atoms with Crippen molar-refractivity contribution < 1.29 is 39.5 Å². The van der Waals surface area contributed by atoms with Crippen LogP contribution in [-0.4, -0.2) is 30.5 Å². The van der Waals surface area contributed by atoms with E-state index < -0.39 is 36.8 Å². The maximum Gasteiger partial charge on any atom is 0.460 e. The summed E-state index contributed by atoms with van der Waals surface area (Å²) in [5.74, 6) is -18.9. The molecule has 0 heterocycles.